The monoisotopic (exact) mass is 387 g/mol. The Labute approximate surface area is 151 Å². The molecule has 1 N–H and O–H groups in total. The minimum atomic E-state index is -1.81. The molecule has 0 aromatic heterocycles. The molecule has 2 bridgehead atoms. The van der Waals surface area contributed by atoms with E-state index in [0.717, 1.165) is 19.1 Å². The number of nitrogens with zero attached hydrogens (tertiary/aromatic N) is 1. The summed E-state index contributed by atoms with van der Waals surface area (Å²) in [6, 6.07) is -1.26. The van der Waals surface area contributed by atoms with Gasteiger partial charge in [0.25, 0.3) is 5.91 Å². The van der Waals surface area contributed by atoms with E-state index in [9.17, 15) is 32.7 Å². The highest BCUT2D eigenvalue weighted by atomic mass is 19.2. The number of fused-ring (bicyclic) bond motifs is 2. The van der Waals surface area contributed by atoms with Crippen LogP contribution < -0.4 is 0 Å². The molecule has 2 heterocycles. The minimum Gasteiger partial charge on any atom is -0.503 e. The second kappa shape index (κ2) is 6.75. The van der Waals surface area contributed by atoms with E-state index in [0.29, 0.717) is 18.9 Å². The lowest BCUT2D eigenvalue weighted by Crippen LogP contribution is -2.39. The molecule has 7 nitrogen and oxygen atoms in total. The van der Waals surface area contributed by atoms with Crippen LogP contribution in [-0.4, -0.2) is 54.2 Å². The SMILES string of the molecule is COC(=O)C1C(C(=O)OC)C2CCC1N2C(=O)c1cc(F)c(F)c(O)c1F. The molecule has 1 aromatic rings. The highest BCUT2D eigenvalue weighted by Crippen LogP contribution is 2.48. The lowest BCUT2D eigenvalue weighted by molar-refractivity contribution is -0.157. The number of methoxy groups -OCH3 is 2. The zero-order chi connectivity index (χ0) is 20.0. The van der Waals surface area contributed by atoms with Gasteiger partial charge in [0, 0.05) is 12.1 Å². The fourth-order valence-corrected chi connectivity index (χ4v) is 4.12. The zero-order valence-corrected chi connectivity index (χ0v) is 14.4. The molecule has 0 spiro atoms. The Morgan fingerprint density at radius 2 is 1.48 bits per heavy atom. The normalized spacial score (nSPS) is 26.2. The molecule has 3 rings (SSSR count). The van der Waals surface area contributed by atoms with Crippen molar-refractivity contribution in [2.24, 2.45) is 11.8 Å². The van der Waals surface area contributed by atoms with Crippen LogP contribution in [0.5, 0.6) is 5.75 Å². The van der Waals surface area contributed by atoms with Gasteiger partial charge in [-0.15, -0.1) is 0 Å². The second-order valence-electron chi connectivity index (χ2n) is 6.40. The maximum absolute atomic E-state index is 14.2. The molecule has 2 saturated heterocycles. The smallest absolute Gasteiger partial charge is 0.311 e. The van der Waals surface area contributed by atoms with Crippen LogP contribution in [0.25, 0.3) is 0 Å². The number of ether oxygens (including phenoxy) is 2. The largest absolute Gasteiger partial charge is 0.503 e. The third-order valence-corrected chi connectivity index (χ3v) is 5.23. The highest BCUT2D eigenvalue weighted by Gasteiger charge is 2.61. The highest BCUT2D eigenvalue weighted by molar-refractivity contribution is 5.97. The molecule has 27 heavy (non-hydrogen) atoms. The fraction of sp³-hybridized carbons (Fsp3) is 0.471. The van der Waals surface area contributed by atoms with E-state index < -0.39 is 70.5 Å². The Hall–Kier alpha value is -2.78. The Kier molecular flexibility index (Phi) is 4.75. The van der Waals surface area contributed by atoms with E-state index in [4.69, 9.17) is 9.47 Å². The molecule has 146 valence electrons. The number of carbonyl (C=O) groups excluding carboxylic acids is 3. The quantitative estimate of drug-likeness (QED) is 0.622. The molecule has 0 radical (unpaired) electrons. The van der Waals surface area contributed by atoms with Crippen LogP contribution in [0.4, 0.5) is 13.2 Å². The van der Waals surface area contributed by atoms with Crippen LogP contribution in [0, 0.1) is 29.3 Å². The summed E-state index contributed by atoms with van der Waals surface area (Å²) in [6.07, 6.45) is 0.669. The lowest BCUT2D eigenvalue weighted by Gasteiger charge is -2.24. The van der Waals surface area contributed by atoms with E-state index in [-0.39, 0.29) is 0 Å². The van der Waals surface area contributed by atoms with Gasteiger partial charge in [-0.05, 0) is 18.9 Å². The number of hydrogen-bond donors (Lipinski definition) is 1. The fourth-order valence-electron chi connectivity index (χ4n) is 4.12. The first kappa shape index (κ1) is 19.0. The van der Waals surface area contributed by atoms with Crippen molar-refractivity contribution in [2.45, 2.75) is 24.9 Å². The molecule has 10 heteroatoms. The van der Waals surface area contributed by atoms with Crippen LogP contribution in [0.3, 0.4) is 0 Å². The molecular formula is C17H16F3NO6. The van der Waals surface area contributed by atoms with Crippen LogP contribution in [0.1, 0.15) is 23.2 Å². The Bertz CT molecular complexity index is 799. The summed E-state index contributed by atoms with van der Waals surface area (Å²) in [5.74, 6) is -11.2. The van der Waals surface area contributed by atoms with Gasteiger partial charge in [0.1, 0.15) is 0 Å². The van der Waals surface area contributed by atoms with Gasteiger partial charge < -0.3 is 19.5 Å². The number of hydrogen-bond acceptors (Lipinski definition) is 6. The summed E-state index contributed by atoms with van der Waals surface area (Å²) in [5, 5.41) is 9.35. The molecule has 4 unspecified atom stereocenters. The molecule has 4 atom stereocenters. The molecule has 1 aromatic carbocycles. The van der Waals surface area contributed by atoms with Crippen LogP contribution in [-0.2, 0) is 19.1 Å². The van der Waals surface area contributed by atoms with Crippen LogP contribution in [0.15, 0.2) is 6.07 Å². The van der Waals surface area contributed by atoms with Gasteiger partial charge in [0.05, 0.1) is 31.6 Å². The van der Waals surface area contributed by atoms with E-state index in [1.165, 1.54) is 0 Å². The predicted molar refractivity (Wildman–Crippen MR) is 82.0 cm³/mol. The number of aromatic hydroxyl groups is 1. The number of benzene rings is 1. The second-order valence-corrected chi connectivity index (χ2v) is 6.40. The van der Waals surface area contributed by atoms with Gasteiger partial charge in [0.2, 0.25) is 5.82 Å². The zero-order valence-electron chi connectivity index (χ0n) is 14.4. The van der Waals surface area contributed by atoms with Crippen molar-refractivity contribution in [1.82, 2.24) is 4.90 Å². The third-order valence-electron chi connectivity index (χ3n) is 5.23. The van der Waals surface area contributed by atoms with Gasteiger partial charge in [0.15, 0.2) is 17.4 Å². The Morgan fingerprint density at radius 1 is 1.00 bits per heavy atom. The first-order valence-electron chi connectivity index (χ1n) is 8.09. The minimum absolute atomic E-state index is 0.334. The number of amides is 1. The van der Waals surface area contributed by atoms with Gasteiger partial charge in [-0.25, -0.2) is 8.78 Å². The van der Waals surface area contributed by atoms with Crippen LogP contribution in [0.2, 0.25) is 0 Å². The van der Waals surface area contributed by atoms with Crippen molar-refractivity contribution in [3.05, 3.63) is 29.1 Å². The summed E-state index contributed by atoms with van der Waals surface area (Å²) in [5.41, 5.74) is -0.891. The van der Waals surface area contributed by atoms with Crippen molar-refractivity contribution in [2.75, 3.05) is 14.2 Å². The number of phenols is 1. The van der Waals surface area contributed by atoms with E-state index in [1.54, 1.807) is 0 Å². The molecule has 0 aliphatic carbocycles. The van der Waals surface area contributed by atoms with Crippen LogP contribution >= 0.6 is 0 Å². The predicted octanol–water partition coefficient (Wildman–Crippen LogP) is 1.37. The third kappa shape index (κ3) is 2.70. The van der Waals surface area contributed by atoms with Crippen molar-refractivity contribution >= 4 is 17.8 Å². The van der Waals surface area contributed by atoms with Crippen molar-refractivity contribution in [1.29, 1.82) is 0 Å². The molecule has 2 aliphatic heterocycles. The molecular weight excluding hydrogens is 371 g/mol. The first-order valence-corrected chi connectivity index (χ1v) is 8.09. The summed E-state index contributed by atoms with van der Waals surface area (Å²) in [7, 11) is 2.25. The van der Waals surface area contributed by atoms with Crippen molar-refractivity contribution < 1.29 is 42.1 Å². The maximum Gasteiger partial charge on any atom is 0.311 e. The van der Waals surface area contributed by atoms with Crippen molar-refractivity contribution in [3.63, 3.8) is 0 Å². The first-order chi connectivity index (χ1) is 12.7. The Morgan fingerprint density at radius 3 is 1.93 bits per heavy atom. The summed E-state index contributed by atoms with van der Waals surface area (Å²) in [4.78, 5) is 38.3. The number of phenolic OH excluding ortho intramolecular Hbond substituents is 1. The van der Waals surface area contributed by atoms with Gasteiger partial charge in [-0.2, -0.15) is 4.39 Å². The van der Waals surface area contributed by atoms with Gasteiger partial charge in [-0.3, -0.25) is 14.4 Å². The number of esters is 2. The molecule has 1 amide bonds. The molecule has 0 saturated carbocycles. The van der Waals surface area contributed by atoms with E-state index >= 15 is 0 Å². The number of rotatable bonds is 3. The van der Waals surface area contributed by atoms with E-state index in [2.05, 4.69) is 0 Å². The average Bonchev–Trinajstić information content (AvgIpc) is 3.23. The van der Waals surface area contributed by atoms with Gasteiger partial charge >= 0.3 is 11.9 Å². The lowest BCUT2D eigenvalue weighted by atomic mass is 9.79. The molecule has 2 fully saturated rings. The summed E-state index contributed by atoms with van der Waals surface area (Å²) >= 11 is 0. The standard InChI is InChI=1S/C17H16F3NO6/c1-26-16(24)10-8-3-4-9(11(10)17(25)27-2)21(8)15(23)6-5-7(18)13(20)14(22)12(6)19/h5,8-11,22H,3-4H2,1-2H3. The maximum atomic E-state index is 14.2. The summed E-state index contributed by atoms with van der Waals surface area (Å²) < 4.78 is 50.5. The topological polar surface area (TPSA) is 93.1 Å². The average molecular weight is 387 g/mol. The van der Waals surface area contributed by atoms with E-state index in [1.807, 2.05) is 0 Å². The summed E-state index contributed by atoms with van der Waals surface area (Å²) in [6.45, 7) is 0. The van der Waals surface area contributed by atoms with Gasteiger partial charge in [-0.1, -0.05) is 0 Å². The molecule has 2 aliphatic rings. The number of halogens is 3. The van der Waals surface area contributed by atoms with Crippen molar-refractivity contribution in [3.8, 4) is 5.75 Å². The number of carbonyl (C=O) groups is 3. The Balaban J connectivity index is 2.04.